The molecule has 0 aliphatic heterocycles. The summed E-state index contributed by atoms with van der Waals surface area (Å²) in [6.07, 6.45) is 7.50. The maximum absolute atomic E-state index is 6.09. The Balaban J connectivity index is 1.63. The molecule has 0 amide bonds. The molecule has 1 atom stereocenters. The van der Waals surface area contributed by atoms with Gasteiger partial charge in [-0.2, -0.15) is 0 Å². The molecule has 1 aromatic rings. The van der Waals surface area contributed by atoms with E-state index in [1.54, 1.807) is 11.3 Å². The minimum atomic E-state index is 0.575. The first-order valence-electron chi connectivity index (χ1n) is 7.41. The monoisotopic (exact) mass is 262 g/mol. The van der Waals surface area contributed by atoms with E-state index in [0.29, 0.717) is 5.92 Å². The lowest BCUT2D eigenvalue weighted by Crippen LogP contribution is -2.46. The second kappa shape index (κ2) is 3.96. The van der Waals surface area contributed by atoms with Gasteiger partial charge in [-0.3, -0.25) is 0 Å². The van der Waals surface area contributed by atoms with Crippen molar-refractivity contribution in [1.29, 1.82) is 0 Å². The number of nitrogens with two attached hydrogens (primary N) is 1. The van der Waals surface area contributed by atoms with Crippen LogP contribution in [0.2, 0.25) is 0 Å². The first kappa shape index (κ1) is 11.3. The van der Waals surface area contributed by atoms with E-state index in [2.05, 4.69) is 11.9 Å². The number of nitrogens with zero attached hydrogens (tertiary/aromatic N) is 1. The lowest BCUT2D eigenvalue weighted by atomic mass is 9.49. The molecule has 0 saturated heterocycles. The van der Waals surface area contributed by atoms with Crippen LogP contribution < -0.4 is 5.73 Å². The van der Waals surface area contributed by atoms with Gasteiger partial charge in [0.1, 0.15) is 5.00 Å². The van der Waals surface area contributed by atoms with Crippen LogP contribution in [0.4, 0.5) is 5.00 Å². The van der Waals surface area contributed by atoms with Crippen molar-refractivity contribution in [2.24, 2.45) is 29.6 Å². The largest absolute Gasteiger partial charge is 0.389 e. The molecule has 1 heterocycles. The fourth-order valence-electron chi connectivity index (χ4n) is 5.57. The fraction of sp³-hybridized carbons (Fsp3) is 0.800. The molecule has 2 nitrogen and oxygen atoms in total. The number of anilines is 1. The average Bonchev–Trinajstić information content (AvgIpc) is 2.73. The molecular weight excluding hydrogens is 240 g/mol. The van der Waals surface area contributed by atoms with Gasteiger partial charge < -0.3 is 5.73 Å². The van der Waals surface area contributed by atoms with Gasteiger partial charge in [0.2, 0.25) is 0 Å². The Morgan fingerprint density at radius 2 is 1.78 bits per heavy atom. The normalized spacial score (nSPS) is 43.3. The van der Waals surface area contributed by atoms with Crippen LogP contribution in [0.5, 0.6) is 0 Å². The Morgan fingerprint density at radius 1 is 1.17 bits per heavy atom. The quantitative estimate of drug-likeness (QED) is 0.878. The van der Waals surface area contributed by atoms with E-state index in [-0.39, 0.29) is 0 Å². The smallest absolute Gasteiger partial charge is 0.109 e. The van der Waals surface area contributed by atoms with E-state index in [4.69, 9.17) is 5.73 Å². The summed E-state index contributed by atoms with van der Waals surface area (Å²) >= 11 is 1.60. The summed E-state index contributed by atoms with van der Waals surface area (Å²) in [5.41, 5.74) is 9.20. The average molecular weight is 262 g/mol. The molecule has 0 aromatic carbocycles. The molecular formula is C15H22N2S. The van der Waals surface area contributed by atoms with Crippen LogP contribution in [0.25, 0.3) is 0 Å². The summed E-state index contributed by atoms with van der Waals surface area (Å²) in [5, 5.41) is 0.955. The standard InChI is InChI=1S/C15H22N2S/c1-8(14-15(16)18-7-17-14)13-11-3-9-2-10(5-11)6-12(13)4-9/h7-13H,2-6,16H2,1H3. The van der Waals surface area contributed by atoms with Crippen molar-refractivity contribution in [3.8, 4) is 0 Å². The predicted octanol–water partition coefficient (Wildman–Crippen LogP) is 3.90. The molecule has 4 bridgehead atoms. The zero-order valence-corrected chi connectivity index (χ0v) is 11.8. The van der Waals surface area contributed by atoms with Gasteiger partial charge in [-0.15, -0.1) is 11.3 Å². The van der Waals surface area contributed by atoms with Crippen LogP contribution in [-0.2, 0) is 0 Å². The van der Waals surface area contributed by atoms with Gasteiger partial charge in [0.15, 0.2) is 0 Å². The number of hydrogen-bond donors (Lipinski definition) is 1. The van der Waals surface area contributed by atoms with Gasteiger partial charge in [-0.05, 0) is 61.7 Å². The molecule has 1 aromatic heterocycles. The Bertz CT molecular complexity index is 425. The molecule has 0 spiro atoms. The molecule has 98 valence electrons. The van der Waals surface area contributed by atoms with Crippen LogP contribution in [0.15, 0.2) is 5.51 Å². The predicted molar refractivity (Wildman–Crippen MR) is 75.5 cm³/mol. The van der Waals surface area contributed by atoms with Gasteiger partial charge in [0.05, 0.1) is 11.2 Å². The SMILES string of the molecule is CC(c1ncsc1N)C1C2CC3CC(C2)CC1C3. The molecule has 18 heavy (non-hydrogen) atoms. The zero-order valence-electron chi connectivity index (χ0n) is 11.0. The Kier molecular flexibility index (Phi) is 2.48. The summed E-state index contributed by atoms with van der Waals surface area (Å²) in [6.45, 7) is 2.37. The highest BCUT2D eigenvalue weighted by atomic mass is 32.1. The van der Waals surface area contributed by atoms with E-state index >= 15 is 0 Å². The molecule has 2 N–H and O–H groups in total. The second-order valence-corrected chi connectivity index (χ2v) is 7.78. The van der Waals surface area contributed by atoms with Crippen molar-refractivity contribution in [3.05, 3.63) is 11.2 Å². The number of hydrogen-bond acceptors (Lipinski definition) is 3. The molecule has 0 radical (unpaired) electrons. The third kappa shape index (κ3) is 1.56. The third-order valence-electron chi connectivity index (χ3n) is 5.93. The molecule has 1 unspecified atom stereocenters. The molecule has 4 fully saturated rings. The van der Waals surface area contributed by atoms with E-state index in [1.807, 2.05) is 5.51 Å². The minimum absolute atomic E-state index is 0.575. The topological polar surface area (TPSA) is 38.9 Å². The third-order valence-corrected chi connectivity index (χ3v) is 6.61. The van der Waals surface area contributed by atoms with Gasteiger partial charge in [0.25, 0.3) is 0 Å². The molecule has 5 rings (SSSR count). The van der Waals surface area contributed by atoms with Crippen molar-refractivity contribution < 1.29 is 0 Å². The highest BCUT2D eigenvalue weighted by molar-refractivity contribution is 7.13. The van der Waals surface area contributed by atoms with E-state index in [9.17, 15) is 0 Å². The zero-order chi connectivity index (χ0) is 12.3. The Morgan fingerprint density at radius 3 is 2.28 bits per heavy atom. The maximum Gasteiger partial charge on any atom is 0.109 e. The van der Waals surface area contributed by atoms with Crippen molar-refractivity contribution in [3.63, 3.8) is 0 Å². The Labute approximate surface area is 113 Å². The molecule has 4 aliphatic rings. The Hall–Kier alpha value is -0.570. The second-order valence-electron chi connectivity index (χ2n) is 6.90. The van der Waals surface area contributed by atoms with E-state index in [1.165, 1.54) is 37.8 Å². The summed E-state index contributed by atoms with van der Waals surface area (Å²) in [6, 6.07) is 0. The van der Waals surface area contributed by atoms with E-state index < -0.39 is 0 Å². The van der Waals surface area contributed by atoms with Gasteiger partial charge in [0, 0.05) is 5.92 Å². The van der Waals surface area contributed by atoms with Crippen LogP contribution in [0.1, 0.15) is 50.6 Å². The van der Waals surface area contributed by atoms with E-state index in [0.717, 1.165) is 34.6 Å². The number of rotatable bonds is 2. The first-order chi connectivity index (χ1) is 8.72. The van der Waals surface area contributed by atoms with Crippen LogP contribution in [0, 0.1) is 29.6 Å². The first-order valence-corrected chi connectivity index (χ1v) is 8.29. The van der Waals surface area contributed by atoms with Crippen LogP contribution >= 0.6 is 11.3 Å². The summed E-state index contributed by atoms with van der Waals surface area (Å²) < 4.78 is 0. The van der Waals surface area contributed by atoms with Crippen molar-refractivity contribution in [1.82, 2.24) is 4.98 Å². The van der Waals surface area contributed by atoms with Crippen LogP contribution in [-0.4, -0.2) is 4.98 Å². The van der Waals surface area contributed by atoms with Crippen molar-refractivity contribution in [2.45, 2.75) is 44.9 Å². The van der Waals surface area contributed by atoms with Crippen LogP contribution in [0.3, 0.4) is 0 Å². The summed E-state index contributed by atoms with van der Waals surface area (Å²) in [4.78, 5) is 4.54. The lowest BCUT2D eigenvalue weighted by molar-refractivity contribution is -0.0459. The van der Waals surface area contributed by atoms with Crippen molar-refractivity contribution >= 4 is 16.3 Å². The molecule has 4 saturated carbocycles. The minimum Gasteiger partial charge on any atom is -0.389 e. The van der Waals surface area contributed by atoms with Gasteiger partial charge in [-0.25, -0.2) is 4.98 Å². The molecule has 3 heteroatoms. The van der Waals surface area contributed by atoms with Gasteiger partial charge >= 0.3 is 0 Å². The highest BCUT2D eigenvalue weighted by Crippen LogP contribution is 2.59. The van der Waals surface area contributed by atoms with Gasteiger partial charge in [-0.1, -0.05) is 6.92 Å². The number of thiazole rings is 1. The fourth-order valence-corrected chi connectivity index (χ4v) is 6.21. The maximum atomic E-state index is 6.09. The number of aromatic nitrogens is 1. The highest BCUT2D eigenvalue weighted by Gasteiger charge is 2.50. The lowest BCUT2D eigenvalue weighted by Gasteiger charge is -2.56. The summed E-state index contributed by atoms with van der Waals surface area (Å²) in [5.74, 6) is 5.50. The number of nitrogen functional groups attached to an aromatic ring is 1. The summed E-state index contributed by atoms with van der Waals surface area (Å²) in [7, 11) is 0. The molecule has 4 aliphatic carbocycles. The van der Waals surface area contributed by atoms with Crippen molar-refractivity contribution in [2.75, 3.05) is 5.73 Å².